The second kappa shape index (κ2) is 5.83. The summed E-state index contributed by atoms with van der Waals surface area (Å²) in [6, 6.07) is 11.3. The third-order valence-electron chi connectivity index (χ3n) is 3.22. The molecule has 0 spiro atoms. The zero-order valence-corrected chi connectivity index (χ0v) is 12.3. The second-order valence-electron chi connectivity index (χ2n) is 5.02. The van der Waals surface area contributed by atoms with Crippen molar-refractivity contribution in [2.75, 3.05) is 31.8 Å². The van der Waals surface area contributed by atoms with Gasteiger partial charge in [-0.05, 0) is 36.4 Å². The Labute approximate surface area is 123 Å². The Morgan fingerprint density at radius 1 is 1.10 bits per heavy atom. The summed E-state index contributed by atoms with van der Waals surface area (Å²) in [4.78, 5) is 15.5. The van der Waals surface area contributed by atoms with E-state index in [2.05, 4.69) is 0 Å². The topological polar surface area (TPSA) is 49.6 Å². The van der Waals surface area contributed by atoms with Crippen molar-refractivity contribution in [3.63, 3.8) is 0 Å². The Balaban J connectivity index is 2.51. The number of anilines is 3. The quantitative estimate of drug-likeness (QED) is 0.883. The van der Waals surface area contributed by atoms with Crippen molar-refractivity contribution in [3.8, 4) is 0 Å². The molecule has 0 aliphatic rings. The molecular formula is C16H18FN3O. The number of carbonyl (C=O) groups is 1. The Bertz CT molecular complexity index is 670. The van der Waals surface area contributed by atoms with Gasteiger partial charge >= 0.3 is 0 Å². The lowest BCUT2D eigenvalue weighted by atomic mass is 10.1. The van der Waals surface area contributed by atoms with Crippen LogP contribution in [-0.4, -0.2) is 32.0 Å². The number of nitrogen functional groups attached to an aromatic ring is 1. The van der Waals surface area contributed by atoms with E-state index in [0.717, 1.165) is 0 Å². The van der Waals surface area contributed by atoms with Crippen molar-refractivity contribution in [2.45, 2.75) is 0 Å². The smallest absolute Gasteiger partial charge is 0.255 e. The van der Waals surface area contributed by atoms with E-state index in [9.17, 15) is 9.18 Å². The number of nitrogens with zero attached hydrogens (tertiary/aromatic N) is 2. The molecule has 0 atom stereocenters. The molecule has 0 unspecified atom stereocenters. The summed E-state index contributed by atoms with van der Waals surface area (Å²) in [5.41, 5.74) is 8.17. The fourth-order valence-electron chi connectivity index (χ4n) is 2.07. The van der Waals surface area contributed by atoms with E-state index in [1.165, 1.54) is 17.0 Å². The summed E-state index contributed by atoms with van der Waals surface area (Å²) in [6.07, 6.45) is 0. The standard InChI is InChI=1S/C16H18FN3O/c1-19(2)16(21)14-8-7-12(18)10-15(14)20(3)13-6-4-5-11(17)9-13/h4-10H,18H2,1-3H3. The van der Waals surface area contributed by atoms with Crippen molar-refractivity contribution in [1.82, 2.24) is 4.90 Å². The predicted molar refractivity (Wildman–Crippen MR) is 83.3 cm³/mol. The lowest BCUT2D eigenvalue weighted by Gasteiger charge is -2.24. The highest BCUT2D eigenvalue weighted by molar-refractivity contribution is 6.01. The van der Waals surface area contributed by atoms with Gasteiger partial charge < -0.3 is 15.5 Å². The van der Waals surface area contributed by atoms with E-state index in [0.29, 0.717) is 22.6 Å². The molecule has 0 heterocycles. The van der Waals surface area contributed by atoms with E-state index in [1.54, 1.807) is 56.4 Å². The van der Waals surface area contributed by atoms with E-state index in [4.69, 9.17) is 5.73 Å². The molecule has 2 aromatic carbocycles. The van der Waals surface area contributed by atoms with Gasteiger partial charge in [-0.2, -0.15) is 0 Å². The molecule has 0 radical (unpaired) electrons. The number of halogens is 1. The predicted octanol–water partition coefficient (Wildman–Crippen LogP) is 2.88. The number of carbonyl (C=O) groups excluding carboxylic acids is 1. The number of nitrogens with two attached hydrogens (primary N) is 1. The molecule has 2 rings (SSSR count). The van der Waals surface area contributed by atoms with Crippen LogP contribution in [0.5, 0.6) is 0 Å². The molecule has 1 amide bonds. The molecule has 21 heavy (non-hydrogen) atoms. The van der Waals surface area contributed by atoms with Crippen LogP contribution in [0.3, 0.4) is 0 Å². The first-order valence-electron chi connectivity index (χ1n) is 6.50. The van der Waals surface area contributed by atoms with E-state index >= 15 is 0 Å². The van der Waals surface area contributed by atoms with E-state index in [-0.39, 0.29) is 11.7 Å². The highest BCUT2D eigenvalue weighted by Gasteiger charge is 2.17. The van der Waals surface area contributed by atoms with Crippen molar-refractivity contribution in [1.29, 1.82) is 0 Å². The number of benzene rings is 2. The fourth-order valence-corrected chi connectivity index (χ4v) is 2.07. The Morgan fingerprint density at radius 2 is 1.81 bits per heavy atom. The van der Waals surface area contributed by atoms with E-state index < -0.39 is 0 Å². The maximum Gasteiger partial charge on any atom is 0.255 e. The lowest BCUT2D eigenvalue weighted by Crippen LogP contribution is -2.24. The molecule has 0 saturated heterocycles. The summed E-state index contributed by atoms with van der Waals surface area (Å²) in [5.74, 6) is -0.461. The Kier molecular flexibility index (Phi) is 4.12. The molecule has 0 aliphatic heterocycles. The Hall–Kier alpha value is -2.56. The summed E-state index contributed by atoms with van der Waals surface area (Å²) >= 11 is 0. The van der Waals surface area contributed by atoms with Gasteiger partial charge in [0.25, 0.3) is 5.91 Å². The van der Waals surface area contributed by atoms with Crippen LogP contribution >= 0.6 is 0 Å². The third-order valence-corrected chi connectivity index (χ3v) is 3.22. The van der Waals surface area contributed by atoms with Crippen molar-refractivity contribution in [2.24, 2.45) is 0 Å². The first-order valence-corrected chi connectivity index (χ1v) is 6.50. The van der Waals surface area contributed by atoms with Gasteiger partial charge in [-0.15, -0.1) is 0 Å². The molecule has 0 bridgehead atoms. The van der Waals surface area contributed by atoms with Crippen molar-refractivity contribution in [3.05, 3.63) is 53.8 Å². The summed E-state index contributed by atoms with van der Waals surface area (Å²) in [7, 11) is 5.14. The maximum atomic E-state index is 13.4. The van der Waals surface area contributed by atoms with Crippen LogP contribution in [0.25, 0.3) is 0 Å². The molecule has 0 fully saturated rings. The summed E-state index contributed by atoms with van der Waals surface area (Å²) in [6.45, 7) is 0. The molecule has 4 nitrogen and oxygen atoms in total. The number of hydrogen-bond donors (Lipinski definition) is 1. The van der Waals surface area contributed by atoms with Gasteiger partial charge in [0.15, 0.2) is 0 Å². The minimum atomic E-state index is -0.330. The number of amides is 1. The van der Waals surface area contributed by atoms with Crippen LogP contribution < -0.4 is 10.6 Å². The third kappa shape index (κ3) is 3.13. The van der Waals surface area contributed by atoms with Gasteiger partial charge in [0.1, 0.15) is 5.82 Å². The van der Waals surface area contributed by atoms with Crippen LogP contribution in [-0.2, 0) is 0 Å². The largest absolute Gasteiger partial charge is 0.399 e. The monoisotopic (exact) mass is 287 g/mol. The normalized spacial score (nSPS) is 10.3. The minimum Gasteiger partial charge on any atom is -0.399 e. The van der Waals surface area contributed by atoms with Crippen molar-refractivity contribution >= 4 is 23.0 Å². The van der Waals surface area contributed by atoms with Gasteiger partial charge in [-0.3, -0.25) is 4.79 Å². The number of rotatable bonds is 3. The van der Waals surface area contributed by atoms with Crippen LogP contribution in [0.2, 0.25) is 0 Å². The molecule has 2 N–H and O–H groups in total. The zero-order chi connectivity index (χ0) is 15.6. The lowest BCUT2D eigenvalue weighted by molar-refractivity contribution is 0.0828. The molecular weight excluding hydrogens is 269 g/mol. The van der Waals surface area contributed by atoms with Gasteiger partial charge in [0.2, 0.25) is 0 Å². The SMILES string of the molecule is CN(C)C(=O)c1ccc(N)cc1N(C)c1cccc(F)c1. The minimum absolute atomic E-state index is 0.131. The van der Waals surface area contributed by atoms with Gasteiger partial charge in [0, 0.05) is 32.5 Å². The molecule has 110 valence electrons. The summed E-state index contributed by atoms with van der Waals surface area (Å²) < 4.78 is 13.4. The molecule has 0 aliphatic carbocycles. The Morgan fingerprint density at radius 3 is 2.43 bits per heavy atom. The maximum absolute atomic E-state index is 13.4. The van der Waals surface area contributed by atoms with Crippen LogP contribution in [0.1, 0.15) is 10.4 Å². The second-order valence-corrected chi connectivity index (χ2v) is 5.02. The summed E-state index contributed by atoms with van der Waals surface area (Å²) in [5, 5.41) is 0. The fraction of sp³-hybridized carbons (Fsp3) is 0.188. The number of hydrogen-bond acceptors (Lipinski definition) is 3. The zero-order valence-electron chi connectivity index (χ0n) is 12.3. The average molecular weight is 287 g/mol. The molecule has 5 heteroatoms. The van der Waals surface area contributed by atoms with Gasteiger partial charge in [-0.1, -0.05) is 6.07 Å². The highest BCUT2D eigenvalue weighted by atomic mass is 19.1. The first kappa shape index (κ1) is 14.8. The molecule has 0 aromatic heterocycles. The highest BCUT2D eigenvalue weighted by Crippen LogP contribution is 2.30. The van der Waals surface area contributed by atoms with Crippen LogP contribution in [0.4, 0.5) is 21.5 Å². The average Bonchev–Trinajstić information content (AvgIpc) is 2.45. The molecule has 2 aromatic rings. The van der Waals surface area contributed by atoms with Gasteiger partial charge in [-0.25, -0.2) is 4.39 Å². The van der Waals surface area contributed by atoms with E-state index in [1.807, 2.05) is 0 Å². The molecule has 0 saturated carbocycles. The first-order chi connectivity index (χ1) is 9.90. The van der Waals surface area contributed by atoms with Crippen LogP contribution in [0.15, 0.2) is 42.5 Å². The van der Waals surface area contributed by atoms with Gasteiger partial charge in [0.05, 0.1) is 11.3 Å². The van der Waals surface area contributed by atoms with Crippen LogP contribution in [0, 0.1) is 5.82 Å². The van der Waals surface area contributed by atoms with Crippen molar-refractivity contribution < 1.29 is 9.18 Å².